The number of benzene rings is 2. The second-order valence-electron chi connectivity index (χ2n) is 5.14. The molecule has 4 aromatic rings. The van der Waals surface area contributed by atoms with Gasteiger partial charge in [-0.1, -0.05) is 30.3 Å². The van der Waals surface area contributed by atoms with E-state index in [-0.39, 0.29) is 18.1 Å². The third kappa shape index (κ3) is 2.54. The lowest BCUT2D eigenvalue weighted by Gasteiger charge is -2.02. The standard InChI is InChI=1S/C18H11NO5/c20-17(12-9-11-5-1-3-7-14(11)24-18(12)21)22-10-16-19-13-6-2-4-8-15(13)23-16/h1-9H,10H2. The summed E-state index contributed by atoms with van der Waals surface area (Å²) in [7, 11) is 0. The van der Waals surface area contributed by atoms with Crippen LogP contribution in [0.4, 0.5) is 0 Å². The van der Waals surface area contributed by atoms with E-state index in [0.717, 1.165) is 0 Å². The van der Waals surface area contributed by atoms with Crippen molar-refractivity contribution in [3.8, 4) is 0 Å². The second kappa shape index (κ2) is 5.66. The number of nitrogens with zero attached hydrogens (tertiary/aromatic N) is 1. The summed E-state index contributed by atoms with van der Waals surface area (Å²) in [6.45, 7) is -0.167. The van der Waals surface area contributed by atoms with Crippen LogP contribution >= 0.6 is 0 Å². The molecule has 0 fully saturated rings. The van der Waals surface area contributed by atoms with Gasteiger partial charge in [0.05, 0.1) is 0 Å². The molecule has 6 nitrogen and oxygen atoms in total. The third-order valence-corrected chi connectivity index (χ3v) is 3.53. The van der Waals surface area contributed by atoms with Gasteiger partial charge in [-0.15, -0.1) is 0 Å². The number of fused-ring (bicyclic) bond motifs is 2. The van der Waals surface area contributed by atoms with Crippen LogP contribution in [0.1, 0.15) is 16.2 Å². The van der Waals surface area contributed by atoms with Gasteiger partial charge in [-0.2, -0.15) is 0 Å². The van der Waals surface area contributed by atoms with Gasteiger partial charge in [-0.05, 0) is 24.3 Å². The molecule has 24 heavy (non-hydrogen) atoms. The van der Waals surface area contributed by atoms with Crippen LogP contribution in [0.25, 0.3) is 22.1 Å². The molecular weight excluding hydrogens is 310 g/mol. The lowest BCUT2D eigenvalue weighted by Crippen LogP contribution is -2.16. The zero-order valence-electron chi connectivity index (χ0n) is 12.4. The van der Waals surface area contributed by atoms with Gasteiger partial charge in [0.25, 0.3) is 0 Å². The van der Waals surface area contributed by atoms with Gasteiger partial charge < -0.3 is 13.6 Å². The van der Waals surface area contributed by atoms with Gasteiger partial charge in [-0.3, -0.25) is 0 Å². The van der Waals surface area contributed by atoms with Crippen LogP contribution in [0.3, 0.4) is 0 Å². The summed E-state index contributed by atoms with van der Waals surface area (Å²) in [4.78, 5) is 28.3. The van der Waals surface area contributed by atoms with Crippen molar-refractivity contribution in [2.24, 2.45) is 0 Å². The summed E-state index contributed by atoms with van der Waals surface area (Å²) in [5.74, 6) is -0.522. The summed E-state index contributed by atoms with van der Waals surface area (Å²) in [6, 6.07) is 15.6. The van der Waals surface area contributed by atoms with Crippen molar-refractivity contribution in [3.05, 3.63) is 76.5 Å². The average molecular weight is 321 g/mol. The smallest absolute Gasteiger partial charge is 0.351 e. The predicted molar refractivity (Wildman–Crippen MR) is 85.6 cm³/mol. The van der Waals surface area contributed by atoms with E-state index < -0.39 is 11.6 Å². The molecule has 4 rings (SSSR count). The van der Waals surface area contributed by atoms with Gasteiger partial charge >= 0.3 is 11.6 Å². The van der Waals surface area contributed by atoms with E-state index in [4.69, 9.17) is 13.6 Å². The molecule has 0 spiro atoms. The Hall–Kier alpha value is -3.41. The van der Waals surface area contributed by atoms with E-state index in [1.807, 2.05) is 12.1 Å². The van der Waals surface area contributed by atoms with Crippen LogP contribution in [0.15, 0.2) is 68.2 Å². The Labute approximate surface area is 135 Å². The number of rotatable bonds is 3. The fraction of sp³-hybridized carbons (Fsp3) is 0.0556. The fourth-order valence-electron chi connectivity index (χ4n) is 2.39. The lowest BCUT2D eigenvalue weighted by atomic mass is 10.2. The Kier molecular flexibility index (Phi) is 3.35. The monoisotopic (exact) mass is 321 g/mol. The SMILES string of the molecule is O=C(OCc1nc2ccccc2o1)c1cc2ccccc2oc1=O. The van der Waals surface area contributed by atoms with E-state index >= 15 is 0 Å². The van der Waals surface area contributed by atoms with Crippen molar-refractivity contribution in [2.75, 3.05) is 0 Å². The summed E-state index contributed by atoms with van der Waals surface area (Å²) in [5.41, 5.74) is 0.793. The highest BCUT2D eigenvalue weighted by atomic mass is 16.5. The number of aromatic nitrogens is 1. The molecule has 0 aliphatic rings. The van der Waals surface area contributed by atoms with Crippen molar-refractivity contribution in [3.63, 3.8) is 0 Å². The summed E-state index contributed by atoms with van der Waals surface area (Å²) < 4.78 is 15.7. The maximum absolute atomic E-state index is 12.1. The minimum absolute atomic E-state index is 0.162. The van der Waals surface area contributed by atoms with E-state index in [9.17, 15) is 9.59 Å². The van der Waals surface area contributed by atoms with Gasteiger partial charge in [-0.25, -0.2) is 14.6 Å². The highest BCUT2D eigenvalue weighted by Crippen LogP contribution is 2.16. The Morgan fingerprint density at radius 2 is 1.75 bits per heavy atom. The van der Waals surface area contributed by atoms with Crippen molar-refractivity contribution in [1.82, 2.24) is 4.98 Å². The largest absolute Gasteiger partial charge is 0.452 e. The molecule has 2 aromatic carbocycles. The molecule has 0 aliphatic carbocycles. The molecule has 0 N–H and O–H groups in total. The van der Waals surface area contributed by atoms with Crippen LogP contribution in [-0.2, 0) is 11.3 Å². The molecule has 0 amide bonds. The van der Waals surface area contributed by atoms with E-state index in [0.29, 0.717) is 22.1 Å². The number of hydrogen-bond acceptors (Lipinski definition) is 6. The minimum atomic E-state index is -0.781. The highest BCUT2D eigenvalue weighted by molar-refractivity contribution is 5.92. The summed E-state index contributed by atoms with van der Waals surface area (Å²) in [5, 5.41) is 0.644. The number of carbonyl (C=O) groups is 1. The first-order valence-electron chi connectivity index (χ1n) is 7.25. The topological polar surface area (TPSA) is 82.5 Å². The second-order valence-corrected chi connectivity index (χ2v) is 5.14. The van der Waals surface area contributed by atoms with Gasteiger partial charge in [0.15, 0.2) is 12.2 Å². The molecule has 0 saturated carbocycles. The number of para-hydroxylation sites is 3. The Bertz CT molecular complexity index is 1080. The van der Waals surface area contributed by atoms with Gasteiger partial charge in [0.1, 0.15) is 16.7 Å². The number of ether oxygens (including phenoxy) is 1. The molecule has 2 heterocycles. The first-order valence-corrected chi connectivity index (χ1v) is 7.25. The van der Waals surface area contributed by atoms with Gasteiger partial charge in [0, 0.05) is 5.39 Å². The number of oxazole rings is 1. The Morgan fingerprint density at radius 1 is 1.00 bits per heavy atom. The molecule has 118 valence electrons. The highest BCUT2D eigenvalue weighted by Gasteiger charge is 2.16. The fourth-order valence-corrected chi connectivity index (χ4v) is 2.39. The molecule has 6 heteroatoms. The molecule has 0 saturated heterocycles. The average Bonchev–Trinajstić information content (AvgIpc) is 3.02. The maximum Gasteiger partial charge on any atom is 0.351 e. The quantitative estimate of drug-likeness (QED) is 0.425. The zero-order chi connectivity index (χ0) is 16.5. The van der Waals surface area contributed by atoms with Crippen molar-refractivity contribution in [2.45, 2.75) is 6.61 Å². The molecule has 2 aromatic heterocycles. The van der Waals surface area contributed by atoms with Crippen LogP contribution in [0.2, 0.25) is 0 Å². The molecule has 0 bridgehead atoms. The minimum Gasteiger partial charge on any atom is -0.452 e. The molecule has 0 radical (unpaired) electrons. The van der Waals surface area contributed by atoms with Crippen LogP contribution < -0.4 is 5.63 Å². The third-order valence-electron chi connectivity index (χ3n) is 3.53. The lowest BCUT2D eigenvalue weighted by molar-refractivity contribution is 0.0435. The van der Waals surface area contributed by atoms with Crippen LogP contribution in [-0.4, -0.2) is 11.0 Å². The first kappa shape index (κ1) is 14.2. The molecule has 0 atom stereocenters. The maximum atomic E-state index is 12.1. The molecular formula is C18H11NO5. The number of carbonyl (C=O) groups excluding carboxylic acids is 1. The van der Waals surface area contributed by atoms with Crippen molar-refractivity contribution < 1.29 is 18.4 Å². The Morgan fingerprint density at radius 3 is 2.58 bits per heavy atom. The molecule has 0 aliphatic heterocycles. The summed E-state index contributed by atoms with van der Waals surface area (Å²) in [6.07, 6.45) is 0. The zero-order valence-corrected chi connectivity index (χ0v) is 12.4. The normalized spacial score (nSPS) is 11.0. The summed E-state index contributed by atoms with van der Waals surface area (Å²) >= 11 is 0. The van der Waals surface area contributed by atoms with E-state index in [2.05, 4.69) is 4.98 Å². The van der Waals surface area contributed by atoms with Crippen molar-refractivity contribution >= 4 is 28.0 Å². The molecule has 0 unspecified atom stereocenters. The van der Waals surface area contributed by atoms with E-state index in [1.165, 1.54) is 6.07 Å². The van der Waals surface area contributed by atoms with Crippen LogP contribution in [0.5, 0.6) is 0 Å². The van der Waals surface area contributed by atoms with Gasteiger partial charge in [0.2, 0.25) is 5.89 Å². The number of esters is 1. The first-order chi connectivity index (χ1) is 11.7. The van der Waals surface area contributed by atoms with Crippen molar-refractivity contribution in [1.29, 1.82) is 0 Å². The predicted octanol–water partition coefficient (Wildman–Crippen LogP) is 3.29. The number of hydrogen-bond donors (Lipinski definition) is 0. The van der Waals surface area contributed by atoms with Crippen LogP contribution in [0, 0.1) is 0 Å². The Balaban J connectivity index is 1.57. The van der Waals surface area contributed by atoms with E-state index in [1.54, 1.807) is 36.4 Å².